The van der Waals surface area contributed by atoms with Gasteiger partial charge < -0.3 is 15.2 Å². The molecule has 5 nitrogen and oxygen atoms in total. The average Bonchev–Trinajstić information content (AvgIpc) is 2.75. The molecule has 0 saturated carbocycles. The van der Waals surface area contributed by atoms with Crippen LogP contribution >= 0.6 is 11.3 Å². The van der Waals surface area contributed by atoms with Gasteiger partial charge in [0.15, 0.2) is 11.5 Å². The first-order valence-corrected chi connectivity index (χ1v) is 7.24. The number of fused-ring (bicyclic) bond motifs is 1. The van der Waals surface area contributed by atoms with E-state index in [1.165, 1.54) is 11.2 Å². The fraction of sp³-hybridized carbons (Fsp3) is 0.200. The van der Waals surface area contributed by atoms with E-state index >= 15 is 0 Å². The number of nitrogen functional groups attached to an aromatic ring is 1. The molecule has 1 aromatic carbocycles. The lowest BCUT2D eigenvalue weighted by molar-refractivity contribution is 0.376. The van der Waals surface area contributed by atoms with Crippen molar-refractivity contribution in [3.8, 4) is 17.4 Å². The SMILES string of the molecule is COc1ccc(N)cc1Oc1ncnc2sc(C)c(C)c12. The first-order chi connectivity index (χ1) is 10.1. The van der Waals surface area contributed by atoms with Gasteiger partial charge in [-0.25, -0.2) is 9.97 Å². The Hall–Kier alpha value is -2.34. The summed E-state index contributed by atoms with van der Waals surface area (Å²) in [4.78, 5) is 10.7. The minimum absolute atomic E-state index is 0.519. The van der Waals surface area contributed by atoms with Gasteiger partial charge in [-0.1, -0.05) is 0 Å². The van der Waals surface area contributed by atoms with Crippen LogP contribution in [0, 0.1) is 13.8 Å². The molecule has 0 aliphatic carbocycles. The van der Waals surface area contributed by atoms with E-state index in [2.05, 4.69) is 16.9 Å². The molecule has 21 heavy (non-hydrogen) atoms. The Morgan fingerprint density at radius 1 is 1.14 bits per heavy atom. The number of benzene rings is 1. The maximum Gasteiger partial charge on any atom is 0.231 e. The smallest absolute Gasteiger partial charge is 0.231 e. The normalized spacial score (nSPS) is 10.8. The number of thiophene rings is 1. The third kappa shape index (κ3) is 2.38. The zero-order chi connectivity index (χ0) is 15.0. The summed E-state index contributed by atoms with van der Waals surface area (Å²) in [5.74, 6) is 1.67. The summed E-state index contributed by atoms with van der Waals surface area (Å²) in [7, 11) is 1.59. The second-order valence-electron chi connectivity index (χ2n) is 4.65. The summed E-state index contributed by atoms with van der Waals surface area (Å²) in [5.41, 5.74) is 7.55. The predicted molar refractivity (Wildman–Crippen MR) is 84.4 cm³/mol. The summed E-state index contributed by atoms with van der Waals surface area (Å²) >= 11 is 1.63. The van der Waals surface area contributed by atoms with E-state index < -0.39 is 0 Å². The van der Waals surface area contributed by atoms with Crippen molar-refractivity contribution in [1.29, 1.82) is 0 Å². The number of hydrogen-bond donors (Lipinski definition) is 1. The monoisotopic (exact) mass is 301 g/mol. The summed E-state index contributed by atoms with van der Waals surface area (Å²) in [6.45, 7) is 4.10. The van der Waals surface area contributed by atoms with Gasteiger partial charge in [-0.15, -0.1) is 11.3 Å². The van der Waals surface area contributed by atoms with Crippen LogP contribution in [-0.2, 0) is 0 Å². The Balaban J connectivity index is 2.12. The lowest BCUT2D eigenvalue weighted by Crippen LogP contribution is -1.95. The number of aromatic nitrogens is 2. The zero-order valence-electron chi connectivity index (χ0n) is 12.0. The first kappa shape index (κ1) is 13.6. The van der Waals surface area contributed by atoms with Crippen LogP contribution in [0.4, 0.5) is 5.69 Å². The number of methoxy groups -OCH3 is 1. The van der Waals surface area contributed by atoms with Crippen molar-refractivity contribution in [2.75, 3.05) is 12.8 Å². The lowest BCUT2D eigenvalue weighted by atomic mass is 10.2. The lowest BCUT2D eigenvalue weighted by Gasteiger charge is -2.11. The van der Waals surface area contributed by atoms with Crippen LogP contribution in [0.3, 0.4) is 0 Å². The Morgan fingerprint density at radius 3 is 2.71 bits per heavy atom. The molecule has 2 N–H and O–H groups in total. The van der Waals surface area contributed by atoms with Crippen LogP contribution < -0.4 is 15.2 Å². The second-order valence-corrected chi connectivity index (χ2v) is 5.86. The summed E-state index contributed by atoms with van der Waals surface area (Å²) < 4.78 is 11.2. The van der Waals surface area contributed by atoms with Crippen molar-refractivity contribution in [3.63, 3.8) is 0 Å². The Morgan fingerprint density at radius 2 is 1.95 bits per heavy atom. The van der Waals surface area contributed by atoms with Crippen molar-refractivity contribution in [3.05, 3.63) is 35.0 Å². The van der Waals surface area contributed by atoms with Gasteiger partial charge in [0.25, 0.3) is 0 Å². The van der Waals surface area contributed by atoms with Crippen LogP contribution in [0.2, 0.25) is 0 Å². The number of ether oxygens (including phenoxy) is 2. The Bertz CT molecular complexity index is 814. The molecule has 0 unspecified atom stereocenters. The van der Waals surface area contributed by atoms with Gasteiger partial charge in [0.05, 0.1) is 12.5 Å². The van der Waals surface area contributed by atoms with E-state index in [1.807, 2.05) is 6.92 Å². The van der Waals surface area contributed by atoms with Crippen LogP contribution in [0.5, 0.6) is 17.4 Å². The molecule has 0 fully saturated rings. The van der Waals surface area contributed by atoms with Gasteiger partial charge >= 0.3 is 0 Å². The molecule has 0 saturated heterocycles. The molecule has 6 heteroatoms. The number of rotatable bonds is 3. The van der Waals surface area contributed by atoms with Crippen molar-refractivity contribution in [2.24, 2.45) is 0 Å². The molecule has 0 amide bonds. The molecule has 3 aromatic rings. The number of anilines is 1. The largest absolute Gasteiger partial charge is 0.493 e. The minimum atomic E-state index is 0.519. The number of nitrogens with zero attached hydrogens (tertiary/aromatic N) is 2. The molecule has 2 heterocycles. The molecule has 0 atom stereocenters. The maximum absolute atomic E-state index is 5.94. The van der Waals surface area contributed by atoms with E-state index in [9.17, 15) is 0 Å². The highest BCUT2D eigenvalue weighted by molar-refractivity contribution is 7.18. The molecule has 2 aromatic heterocycles. The summed E-state index contributed by atoms with van der Waals surface area (Å²) in [5, 5.41) is 0.935. The molecule has 0 aliphatic heterocycles. The molecule has 108 valence electrons. The first-order valence-electron chi connectivity index (χ1n) is 6.42. The molecule has 0 radical (unpaired) electrons. The van der Waals surface area contributed by atoms with Gasteiger partial charge in [-0.2, -0.15) is 0 Å². The van der Waals surface area contributed by atoms with Crippen LogP contribution in [-0.4, -0.2) is 17.1 Å². The highest BCUT2D eigenvalue weighted by Gasteiger charge is 2.15. The average molecular weight is 301 g/mol. The zero-order valence-corrected chi connectivity index (χ0v) is 12.8. The highest BCUT2D eigenvalue weighted by Crippen LogP contribution is 2.38. The van der Waals surface area contributed by atoms with Gasteiger partial charge in [-0.3, -0.25) is 0 Å². The Kier molecular flexibility index (Phi) is 3.39. The molecule has 0 aliphatic rings. The van der Waals surface area contributed by atoms with E-state index in [4.69, 9.17) is 15.2 Å². The molecule has 3 rings (SSSR count). The standard InChI is InChI=1S/C15H15N3O2S/c1-8-9(2)21-15-13(8)14(17-7-18-15)20-12-6-10(16)4-5-11(12)19-3/h4-7H,16H2,1-3H3. The number of aryl methyl sites for hydroxylation is 2. The van der Waals surface area contributed by atoms with Crippen LogP contribution in [0.25, 0.3) is 10.2 Å². The topological polar surface area (TPSA) is 70.3 Å². The maximum atomic E-state index is 5.94. The van der Waals surface area contributed by atoms with E-state index in [-0.39, 0.29) is 0 Å². The van der Waals surface area contributed by atoms with Gasteiger partial charge in [0.2, 0.25) is 5.88 Å². The third-order valence-corrected chi connectivity index (χ3v) is 4.44. The van der Waals surface area contributed by atoms with Crippen molar-refractivity contribution in [1.82, 2.24) is 9.97 Å². The predicted octanol–water partition coefficient (Wildman–Crippen LogP) is 3.69. The quantitative estimate of drug-likeness (QED) is 0.747. The third-order valence-electron chi connectivity index (χ3n) is 3.32. The van der Waals surface area contributed by atoms with Gasteiger partial charge in [-0.05, 0) is 31.5 Å². The van der Waals surface area contributed by atoms with Crippen LogP contribution in [0.15, 0.2) is 24.5 Å². The summed E-state index contributed by atoms with van der Waals surface area (Å²) in [6, 6.07) is 5.26. The molecule has 0 bridgehead atoms. The van der Waals surface area contributed by atoms with E-state index in [0.29, 0.717) is 23.1 Å². The van der Waals surface area contributed by atoms with Crippen LogP contribution in [0.1, 0.15) is 10.4 Å². The van der Waals surface area contributed by atoms with Crippen molar-refractivity contribution < 1.29 is 9.47 Å². The fourth-order valence-electron chi connectivity index (χ4n) is 2.10. The second kappa shape index (κ2) is 5.21. The molecule has 0 spiro atoms. The minimum Gasteiger partial charge on any atom is -0.493 e. The molecular weight excluding hydrogens is 286 g/mol. The summed E-state index contributed by atoms with van der Waals surface area (Å²) in [6.07, 6.45) is 1.51. The van der Waals surface area contributed by atoms with Crippen molar-refractivity contribution >= 4 is 27.2 Å². The Labute approximate surface area is 126 Å². The van der Waals surface area contributed by atoms with Gasteiger partial charge in [0.1, 0.15) is 11.2 Å². The van der Waals surface area contributed by atoms with Crippen molar-refractivity contribution in [2.45, 2.75) is 13.8 Å². The number of hydrogen-bond acceptors (Lipinski definition) is 6. The fourth-order valence-corrected chi connectivity index (χ4v) is 3.09. The van der Waals surface area contributed by atoms with E-state index in [0.717, 1.165) is 15.8 Å². The molecular formula is C15H15N3O2S. The number of nitrogens with two attached hydrogens (primary N) is 1. The highest BCUT2D eigenvalue weighted by atomic mass is 32.1. The van der Waals surface area contributed by atoms with Gasteiger partial charge in [0, 0.05) is 16.6 Å². The van der Waals surface area contributed by atoms with E-state index in [1.54, 1.807) is 36.6 Å².